The predicted molar refractivity (Wildman–Crippen MR) is 70.3 cm³/mol. The monoisotopic (exact) mass is 238 g/mol. The van der Waals surface area contributed by atoms with Gasteiger partial charge in [0, 0.05) is 30.6 Å². The van der Waals surface area contributed by atoms with Crippen molar-refractivity contribution in [1.29, 1.82) is 0 Å². The van der Waals surface area contributed by atoms with Gasteiger partial charge in [0.2, 0.25) is 0 Å². The van der Waals surface area contributed by atoms with Crippen LogP contribution in [0.2, 0.25) is 0 Å². The van der Waals surface area contributed by atoms with E-state index < -0.39 is 0 Å². The van der Waals surface area contributed by atoms with Crippen LogP contribution in [0.5, 0.6) is 0 Å². The molecule has 2 heterocycles. The van der Waals surface area contributed by atoms with Crippen LogP contribution in [0, 0.1) is 0 Å². The summed E-state index contributed by atoms with van der Waals surface area (Å²) in [6, 6.07) is 4.08. The topological polar surface area (TPSA) is 34.0 Å². The minimum absolute atomic E-state index is 0.0751. The maximum absolute atomic E-state index is 11.4. The third-order valence-electron chi connectivity index (χ3n) is 2.86. The van der Waals surface area contributed by atoms with Crippen LogP contribution in [0.1, 0.15) is 19.8 Å². The first-order valence-corrected chi connectivity index (χ1v) is 7.00. The zero-order valence-electron chi connectivity index (χ0n) is 9.61. The number of rotatable bonds is 3. The fraction of sp³-hybridized carbons (Fsp3) is 0.583. The molecule has 0 bridgehead atoms. The predicted octanol–water partition coefficient (Wildman–Crippen LogP) is 2.18. The number of nitrogens with zero attached hydrogens (tertiary/aromatic N) is 1. The Morgan fingerprint density at radius 1 is 1.56 bits per heavy atom. The Bertz CT molecular complexity index is 396. The standard InChI is InChI=1S/C12H18N2OS/c1-2-14-8-10(5-6-12(14)15)13-11-4-3-7-16-9-11/h5-6,8,11,13H,2-4,7,9H2,1H3. The van der Waals surface area contributed by atoms with E-state index >= 15 is 0 Å². The first kappa shape index (κ1) is 11.6. The molecular formula is C12H18N2OS. The highest BCUT2D eigenvalue weighted by Gasteiger charge is 2.13. The second kappa shape index (κ2) is 5.43. The molecule has 1 aliphatic rings. The smallest absolute Gasteiger partial charge is 0.250 e. The number of thioether (sulfide) groups is 1. The molecular weight excluding hydrogens is 220 g/mol. The third kappa shape index (κ3) is 2.82. The molecule has 3 nitrogen and oxygen atoms in total. The molecule has 88 valence electrons. The summed E-state index contributed by atoms with van der Waals surface area (Å²) < 4.78 is 1.73. The molecule has 0 amide bonds. The molecule has 1 atom stereocenters. The molecule has 2 rings (SSSR count). The summed E-state index contributed by atoms with van der Waals surface area (Å²) in [5.74, 6) is 2.46. The summed E-state index contributed by atoms with van der Waals surface area (Å²) in [5.41, 5.74) is 1.14. The van der Waals surface area contributed by atoms with Crippen molar-refractivity contribution in [3.63, 3.8) is 0 Å². The van der Waals surface area contributed by atoms with Gasteiger partial charge in [0.15, 0.2) is 0 Å². The van der Waals surface area contributed by atoms with Crippen molar-refractivity contribution in [1.82, 2.24) is 4.57 Å². The molecule has 1 unspecified atom stereocenters. The van der Waals surface area contributed by atoms with Crippen molar-refractivity contribution in [2.45, 2.75) is 32.4 Å². The van der Waals surface area contributed by atoms with Gasteiger partial charge in [-0.3, -0.25) is 4.79 Å². The number of pyridine rings is 1. The van der Waals surface area contributed by atoms with E-state index in [1.54, 1.807) is 10.6 Å². The molecule has 0 aliphatic carbocycles. The molecule has 1 fully saturated rings. The Labute approximate surface area is 100 Å². The number of aryl methyl sites for hydroxylation is 1. The maximum atomic E-state index is 11.4. The number of hydrogen-bond donors (Lipinski definition) is 1. The molecule has 0 aromatic carbocycles. The molecule has 0 radical (unpaired) electrons. The third-order valence-corrected chi connectivity index (χ3v) is 4.07. The first-order valence-electron chi connectivity index (χ1n) is 5.84. The quantitative estimate of drug-likeness (QED) is 0.876. The van der Waals surface area contributed by atoms with Gasteiger partial charge >= 0.3 is 0 Å². The molecule has 1 aromatic heterocycles. The lowest BCUT2D eigenvalue weighted by atomic mass is 10.2. The molecule has 1 aliphatic heterocycles. The SMILES string of the molecule is CCn1cc(NC2CCCSC2)ccc1=O. The van der Waals surface area contributed by atoms with E-state index in [0.717, 1.165) is 12.2 Å². The summed E-state index contributed by atoms with van der Waals surface area (Å²) in [7, 11) is 0. The van der Waals surface area contributed by atoms with Gasteiger partial charge in [-0.15, -0.1) is 0 Å². The highest BCUT2D eigenvalue weighted by molar-refractivity contribution is 7.99. The van der Waals surface area contributed by atoms with Crippen molar-refractivity contribution in [3.8, 4) is 0 Å². The Morgan fingerprint density at radius 3 is 3.12 bits per heavy atom. The van der Waals surface area contributed by atoms with Crippen LogP contribution >= 0.6 is 11.8 Å². The van der Waals surface area contributed by atoms with Crippen LogP contribution in [-0.2, 0) is 6.54 Å². The molecule has 0 saturated carbocycles. The van der Waals surface area contributed by atoms with E-state index in [-0.39, 0.29) is 5.56 Å². The van der Waals surface area contributed by atoms with Crippen molar-refractivity contribution >= 4 is 17.4 Å². The van der Waals surface area contributed by atoms with Crippen molar-refractivity contribution < 1.29 is 0 Å². The van der Waals surface area contributed by atoms with Crippen LogP contribution in [0.4, 0.5) is 5.69 Å². The van der Waals surface area contributed by atoms with Crippen LogP contribution < -0.4 is 10.9 Å². The summed E-state index contributed by atoms with van der Waals surface area (Å²) in [6.45, 7) is 2.72. The Morgan fingerprint density at radius 2 is 2.44 bits per heavy atom. The van der Waals surface area contributed by atoms with Crippen LogP contribution in [0.25, 0.3) is 0 Å². The molecule has 1 saturated heterocycles. The van der Waals surface area contributed by atoms with Gasteiger partial charge in [-0.25, -0.2) is 0 Å². The minimum atomic E-state index is 0.0751. The van der Waals surface area contributed by atoms with E-state index in [0.29, 0.717) is 6.04 Å². The molecule has 1 aromatic rings. The van der Waals surface area contributed by atoms with Gasteiger partial charge in [-0.2, -0.15) is 11.8 Å². The highest BCUT2D eigenvalue weighted by atomic mass is 32.2. The number of aromatic nitrogens is 1. The average Bonchev–Trinajstić information content (AvgIpc) is 2.33. The summed E-state index contributed by atoms with van der Waals surface area (Å²) in [4.78, 5) is 11.4. The van der Waals surface area contributed by atoms with Crippen molar-refractivity contribution in [3.05, 3.63) is 28.7 Å². The van der Waals surface area contributed by atoms with Crippen LogP contribution in [0.3, 0.4) is 0 Å². The average molecular weight is 238 g/mol. The highest BCUT2D eigenvalue weighted by Crippen LogP contribution is 2.20. The molecule has 0 spiro atoms. The molecule has 4 heteroatoms. The van der Waals surface area contributed by atoms with Crippen LogP contribution in [-0.4, -0.2) is 22.1 Å². The van der Waals surface area contributed by atoms with Gasteiger partial charge in [0.05, 0.1) is 5.69 Å². The molecule has 1 N–H and O–H groups in total. The Hall–Kier alpha value is -0.900. The second-order valence-corrected chi connectivity index (χ2v) is 5.25. The Balaban J connectivity index is 2.06. The van der Waals surface area contributed by atoms with Gasteiger partial charge in [0.25, 0.3) is 5.56 Å². The fourth-order valence-corrected chi connectivity index (χ4v) is 3.03. The normalized spacial score (nSPS) is 20.7. The largest absolute Gasteiger partial charge is 0.380 e. The van der Waals surface area contributed by atoms with E-state index in [2.05, 4.69) is 5.32 Å². The van der Waals surface area contributed by atoms with Gasteiger partial charge in [-0.1, -0.05) is 0 Å². The van der Waals surface area contributed by atoms with Crippen molar-refractivity contribution in [2.75, 3.05) is 16.8 Å². The summed E-state index contributed by atoms with van der Waals surface area (Å²) in [5, 5.41) is 3.50. The van der Waals surface area contributed by atoms with Crippen molar-refractivity contribution in [2.24, 2.45) is 0 Å². The van der Waals surface area contributed by atoms with Gasteiger partial charge in [0.1, 0.15) is 0 Å². The maximum Gasteiger partial charge on any atom is 0.250 e. The van der Waals surface area contributed by atoms with E-state index in [1.165, 1.54) is 24.3 Å². The lowest BCUT2D eigenvalue weighted by molar-refractivity contribution is 0.679. The fourth-order valence-electron chi connectivity index (χ4n) is 1.95. The number of nitrogens with one attached hydrogen (secondary N) is 1. The zero-order chi connectivity index (χ0) is 11.4. The zero-order valence-corrected chi connectivity index (χ0v) is 10.4. The van der Waals surface area contributed by atoms with E-state index in [4.69, 9.17) is 0 Å². The molecule has 16 heavy (non-hydrogen) atoms. The van der Waals surface area contributed by atoms with Gasteiger partial charge in [-0.05, 0) is 31.6 Å². The Kier molecular flexibility index (Phi) is 3.93. The number of hydrogen-bond acceptors (Lipinski definition) is 3. The lowest BCUT2D eigenvalue weighted by Gasteiger charge is -2.23. The van der Waals surface area contributed by atoms with E-state index in [9.17, 15) is 4.79 Å². The summed E-state index contributed by atoms with van der Waals surface area (Å²) in [6.07, 6.45) is 4.44. The van der Waals surface area contributed by atoms with E-state index in [1.807, 2.05) is 30.9 Å². The number of anilines is 1. The minimum Gasteiger partial charge on any atom is -0.380 e. The van der Waals surface area contributed by atoms with Crippen LogP contribution in [0.15, 0.2) is 23.1 Å². The first-order chi connectivity index (χ1) is 7.79. The lowest BCUT2D eigenvalue weighted by Crippen LogP contribution is -2.27. The summed E-state index contributed by atoms with van der Waals surface area (Å²) >= 11 is 2.00. The second-order valence-electron chi connectivity index (χ2n) is 4.10. The van der Waals surface area contributed by atoms with Gasteiger partial charge < -0.3 is 9.88 Å².